The molecule has 0 unspecified atom stereocenters. The highest BCUT2D eigenvalue weighted by Crippen LogP contribution is 2.22. The van der Waals surface area contributed by atoms with Crippen LogP contribution in [0.4, 0.5) is 0 Å². The monoisotopic (exact) mass is 390 g/mol. The molecule has 148 valence electrons. The van der Waals surface area contributed by atoms with E-state index < -0.39 is 0 Å². The van der Waals surface area contributed by atoms with E-state index in [1.165, 1.54) is 5.56 Å². The van der Waals surface area contributed by atoms with Crippen molar-refractivity contribution in [2.45, 2.75) is 27.2 Å². The predicted octanol–water partition coefficient (Wildman–Crippen LogP) is 7.13. The number of aryl methyl sites for hydroxylation is 1. The minimum absolute atomic E-state index is 0.595. The van der Waals surface area contributed by atoms with Crippen LogP contribution in [0.2, 0.25) is 0 Å². The van der Waals surface area contributed by atoms with Crippen LogP contribution >= 0.6 is 0 Å². The van der Waals surface area contributed by atoms with Gasteiger partial charge in [-0.15, -0.1) is 12.8 Å². The maximum Gasteiger partial charge on any atom is 0.0998 e. The maximum atomic E-state index is 9.56. The minimum Gasteiger partial charge on any atom is -0.192 e. The van der Waals surface area contributed by atoms with Crippen LogP contribution in [0.1, 0.15) is 42.5 Å². The summed E-state index contributed by atoms with van der Waals surface area (Å²) in [5, 5.41) is 19.1. The smallest absolute Gasteiger partial charge is 0.0998 e. The normalized spacial score (nSPS) is 11.9. The highest BCUT2D eigenvalue weighted by atomic mass is 14.3. The summed E-state index contributed by atoms with van der Waals surface area (Å²) in [5.41, 5.74) is 6.04. The Morgan fingerprint density at radius 1 is 0.900 bits per heavy atom. The fraction of sp³-hybridized carbons (Fsp3) is 0.143. The molecule has 0 atom stereocenters. The molecule has 0 aliphatic heterocycles. The van der Waals surface area contributed by atoms with Gasteiger partial charge >= 0.3 is 0 Å². The standard InChI is InChI=1S/C26H24N2.C2H2/c1-4-6-7-21(5-2)16-25(18-27)23-12-14-24(15-13-23)26(19-28)17-22-10-8-20(3)9-11-22;1-2/h5-17H,4H2,1-3H3;1-2H/b7-6-,21-5+,25-16+,26-17+;. The van der Waals surface area contributed by atoms with Crippen LogP contribution in [0, 0.1) is 42.4 Å². The Labute approximate surface area is 180 Å². The van der Waals surface area contributed by atoms with Gasteiger partial charge in [-0.1, -0.05) is 79.2 Å². The van der Waals surface area contributed by atoms with Crippen LogP contribution in [-0.2, 0) is 0 Å². The van der Waals surface area contributed by atoms with E-state index in [9.17, 15) is 10.5 Å². The van der Waals surface area contributed by atoms with Crippen molar-refractivity contribution in [3.05, 3.63) is 101 Å². The number of hydrogen-bond donors (Lipinski definition) is 0. The van der Waals surface area contributed by atoms with Crippen molar-refractivity contribution in [1.29, 1.82) is 10.5 Å². The number of nitriles is 2. The number of allylic oxidation sites excluding steroid dienone is 7. The van der Waals surface area contributed by atoms with Gasteiger partial charge in [0.25, 0.3) is 0 Å². The molecule has 0 aliphatic rings. The van der Waals surface area contributed by atoms with Gasteiger partial charge in [0.1, 0.15) is 0 Å². The molecule has 0 radical (unpaired) electrons. The zero-order chi connectivity index (χ0) is 22.4. The van der Waals surface area contributed by atoms with Gasteiger partial charge in [0, 0.05) is 0 Å². The molecular formula is C28H26N2. The van der Waals surface area contributed by atoms with Gasteiger partial charge in [-0.2, -0.15) is 10.5 Å². The highest BCUT2D eigenvalue weighted by molar-refractivity contribution is 5.90. The Balaban J connectivity index is 0.00000218. The topological polar surface area (TPSA) is 47.6 Å². The first-order valence-electron chi connectivity index (χ1n) is 9.68. The van der Waals surface area contributed by atoms with Gasteiger partial charge in [-0.25, -0.2) is 0 Å². The van der Waals surface area contributed by atoms with Gasteiger partial charge in [0.05, 0.1) is 23.3 Å². The number of terminal acetylenes is 1. The Kier molecular flexibility index (Phi) is 10.5. The molecule has 0 spiro atoms. The maximum absolute atomic E-state index is 9.56. The molecule has 0 fully saturated rings. The molecule has 0 heterocycles. The van der Waals surface area contributed by atoms with Crippen LogP contribution in [0.3, 0.4) is 0 Å². The lowest BCUT2D eigenvalue weighted by Crippen LogP contribution is -1.87. The molecule has 2 nitrogen and oxygen atoms in total. The van der Waals surface area contributed by atoms with Crippen LogP contribution in [-0.4, -0.2) is 0 Å². The van der Waals surface area contributed by atoms with E-state index in [1.807, 2.05) is 86.7 Å². The van der Waals surface area contributed by atoms with E-state index >= 15 is 0 Å². The lowest BCUT2D eigenvalue weighted by molar-refractivity contribution is 1.22. The molecule has 0 amide bonds. The average Bonchev–Trinajstić information content (AvgIpc) is 2.80. The summed E-state index contributed by atoms with van der Waals surface area (Å²) >= 11 is 0. The van der Waals surface area contributed by atoms with Crippen molar-refractivity contribution >= 4 is 17.2 Å². The summed E-state index contributed by atoms with van der Waals surface area (Å²) in [4.78, 5) is 0. The van der Waals surface area contributed by atoms with Crippen LogP contribution in [0.25, 0.3) is 17.2 Å². The zero-order valence-electron chi connectivity index (χ0n) is 17.8. The van der Waals surface area contributed by atoms with E-state index in [1.54, 1.807) is 0 Å². The van der Waals surface area contributed by atoms with Gasteiger partial charge in [-0.3, -0.25) is 0 Å². The fourth-order valence-corrected chi connectivity index (χ4v) is 2.67. The summed E-state index contributed by atoms with van der Waals surface area (Å²) in [5.74, 6) is 0. The lowest BCUT2D eigenvalue weighted by Gasteiger charge is -2.04. The SMILES string of the molecule is C#C.C/C=C(\C=C/CC)/C=C(\C#N)c1ccc(/C(C#N)=C/c2ccc(C)cc2)cc1. The van der Waals surface area contributed by atoms with Gasteiger partial charge < -0.3 is 0 Å². The van der Waals surface area contributed by atoms with E-state index in [-0.39, 0.29) is 0 Å². The quantitative estimate of drug-likeness (QED) is 0.228. The lowest BCUT2D eigenvalue weighted by atomic mass is 9.98. The van der Waals surface area contributed by atoms with Crippen molar-refractivity contribution in [3.8, 4) is 25.0 Å². The number of rotatable bonds is 6. The molecule has 0 saturated carbocycles. The van der Waals surface area contributed by atoms with Gasteiger partial charge in [0.2, 0.25) is 0 Å². The summed E-state index contributed by atoms with van der Waals surface area (Å²) in [6.45, 7) is 6.07. The summed E-state index contributed by atoms with van der Waals surface area (Å²) in [7, 11) is 0. The van der Waals surface area contributed by atoms with Gasteiger partial charge in [-0.05, 0) is 54.7 Å². The summed E-state index contributed by atoms with van der Waals surface area (Å²) < 4.78 is 0. The average molecular weight is 391 g/mol. The van der Waals surface area contributed by atoms with E-state index in [2.05, 4.69) is 38.0 Å². The Morgan fingerprint density at radius 3 is 1.90 bits per heavy atom. The van der Waals surface area contributed by atoms with Crippen molar-refractivity contribution in [3.63, 3.8) is 0 Å². The molecule has 2 aromatic rings. The third kappa shape index (κ3) is 7.16. The number of benzene rings is 2. The van der Waals surface area contributed by atoms with E-state index in [0.29, 0.717) is 11.1 Å². The minimum atomic E-state index is 0.595. The van der Waals surface area contributed by atoms with Crippen LogP contribution in [0.5, 0.6) is 0 Å². The van der Waals surface area contributed by atoms with E-state index in [4.69, 9.17) is 0 Å². The molecule has 2 rings (SSSR count). The first-order chi connectivity index (χ1) is 14.6. The van der Waals surface area contributed by atoms with Crippen molar-refractivity contribution < 1.29 is 0 Å². The molecule has 0 aromatic heterocycles. The van der Waals surface area contributed by atoms with Crippen molar-refractivity contribution in [2.24, 2.45) is 0 Å². The van der Waals surface area contributed by atoms with E-state index in [0.717, 1.165) is 28.7 Å². The largest absolute Gasteiger partial charge is 0.192 e. The first kappa shape index (κ1) is 24.0. The molecule has 2 heteroatoms. The fourth-order valence-electron chi connectivity index (χ4n) is 2.67. The molecule has 0 saturated heterocycles. The molecule has 30 heavy (non-hydrogen) atoms. The van der Waals surface area contributed by atoms with Crippen LogP contribution in [0.15, 0.2) is 78.4 Å². The molecule has 0 aliphatic carbocycles. The Bertz CT molecular complexity index is 1040. The zero-order valence-corrected chi connectivity index (χ0v) is 17.8. The second-order valence-electron chi connectivity index (χ2n) is 6.43. The van der Waals surface area contributed by atoms with Gasteiger partial charge in [0.15, 0.2) is 0 Å². The second kappa shape index (κ2) is 13.2. The Morgan fingerprint density at radius 2 is 1.43 bits per heavy atom. The second-order valence-corrected chi connectivity index (χ2v) is 6.43. The number of nitrogens with zero attached hydrogens (tertiary/aromatic N) is 2. The third-order valence-electron chi connectivity index (χ3n) is 4.33. The molecule has 0 bridgehead atoms. The Hall–Kier alpha value is -4.06. The first-order valence-corrected chi connectivity index (χ1v) is 9.68. The molecular weight excluding hydrogens is 364 g/mol. The third-order valence-corrected chi connectivity index (χ3v) is 4.33. The molecule has 0 N–H and O–H groups in total. The van der Waals surface area contributed by atoms with Crippen LogP contribution < -0.4 is 0 Å². The highest BCUT2D eigenvalue weighted by Gasteiger charge is 2.05. The number of hydrogen-bond acceptors (Lipinski definition) is 2. The summed E-state index contributed by atoms with van der Waals surface area (Å²) in [6, 6.07) is 20.2. The molecule has 2 aromatic carbocycles. The summed E-state index contributed by atoms with van der Waals surface area (Å²) in [6.07, 6.45) is 18.8. The van der Waals surface area contributed by atoms with Crippen molar-refractivity contribution in [2.75, 3.05) is 0 Å². The van der Waals surface area contributed by atoms with Crippen molar-refractivity contribution in [1.82, 2.24) is 0 Å². The predicted molar refractivity (Wildman–Crippen MR) is 128 cm³/mol.